The van der Waals surface area contributed by atoms with E-state index in [9.17, 15) is 0 Å². The quantitative estimate of drug-likeness (QED) is 0.802. The molecule has 0 atom stereocenters. The van der Waals surface area contributed by atoms with Crippen molar-refractivity contribution in [1.29, 1.82) is 0 Å². The molecule has 0 aromatic carbocycles. The topological polar surface area (TPSA) is 55.6 Å². The normalized spacial score (nSPS) is 20.5. The summed E-state index contributed by atoms with van der Waals surface area (Å²) in [6, 6.07) is 1.13. The predicted octanol–water partition coefficient (Wildman–Crippen LogP) is 3.75. The van der Waals surface area contributed by atoms with Crippen molar-refractivity contribution >= 4 is 17.2 Å². The molecule has 1 heterocycles. The molecule has 2 saturated carbocycles. The molecule has 2 aliphatic rings. The van der Waals surface area contributed by atoms with Crippen LogP contribution in [0.25, 0.3) is 0 Å². The zero-order valence-corrected chi connectivity index (χ0v) is 14.9. The summed E-state index contributed by atoms with van der Waals surface area (Å²) in [6.45, 7) is 0. The van der Waals surface area contributed by atoms with Crippen molar-refractivity contribution in [2.75, 3.05) is 0 Å². The fourth-order valence-electron chi connectivity index (χ4n) is 3.94. The van der Waals surface area contributed by atoms with Gasteiger partial charge in [-0.1, -0.05) is 50.7 Å². The van der Waals surface area contributed by atoms with Gasteiger partial charge in [-0.2, -0.15) is 0 Å². The molecule has 128 valence electrons. The van der Waals surface area contributed by atoms with E-state index in [4.69, 9.17) is 12.2 Å². The Morgan fingerprint density at radius 3 is 2.48 bits per heavy atom. The van der Waals surface area contributed by atoms with Gasteiger partial charge in [0.25, 0.3) is 0 Å². The largest absolute Gasteiger partial charge is 0.377 e. The van der Waals surface area contributed by atoms with Crippen LogP contribution in [0.1, 0.15) is 88.9 Å². The summed E-state index contributed by atoms with van der Waals surface area (Å²) in [5.74, 6) is 1.04. The van der Waals surface area contributed by atoms with E-state index in [-0.39, 0.29) is 0 Å². The lowest BCUT2D eigenvalue weighted by atomic mass is 9.95. The number of aromatic nitrogens is 4. The minimum Gasteiger partial charge on any atom is -0.377 e. The molecule has 0 amide bonds. The SMILES string of the molecule is S=C(CCCc1nnnn1C1CCCCC1)NC1CCCCC1. The third kappa shape index (κ3) is 4.96. The van der Waals surface area contributed by atoms with Crippen LogP contribution in [0.2, 0.25) is 0 Å². The van der Waals surface area contributed by atoms with E-state index >= 15 is 0 Å². The van der Waals surface area contributed by atoms with E-state index in [1.165, 1.54) is 64.2 Å². The second-order valence-electron chi connectivity index (χ2n) is 7.09. The summed E-state index contributed by atoms with van der Waals surface area (Å²) in [5, 5.41) is 15.9. The number of hydrogen-bond acceptors (Lipinski definition) is 4. The van der Waals surface area contributed by atoms with Crippen molar-refractivity contribution < 1.29 is 0 Å². The van der Waals surface area contributed by atoms with E-state index in [0.717, 1.165) is 30.1 Å². The lowest BCUT2D eigenvalue weighted by Crippen LogP contribution is -2.35. The highest BCUT2D eigenvalue weighted by Crippen LogP contribution is 2.28. The molecule has 3 rings (SSSR count). The summed E-state index contributed by atoms with van der Waals surface area (Å²) in [5.41, 5.74) is 0. The Hall–Kier alpha value is -1.04. The molecule has 1 aromatic rings. The highest BCUT2D eigenvalue weighted by atomic mass is 32.1. The van der Waals surface area contributed by atoms with Crippen molar-refractivity contribution in [3.8, 4) is 0 Å². The van der Waals surface area contributed by atoms with Crippen molar-refractivity contribution in [1.82, 2.24) is 25.5 Å². The van der Waals surface area contributed by atoms with Crippen LogP contribution in [0.4, 0.5) is 0 Å². The monoisotopic (exact) mass is 335 g/mol. The molecule has 0 saturated heterocycles. The van der Waals surface area contributed by atoms with Gasteiger partial charge in [0.2, 0.25) is 0 Å². The first-order valence-electron chi connectivity index (χ1n) is 9.39. The average Bonchev–Trinajstić information content (AvgIpc) is 3.05. The highest BCUT2D eigenvalue weighted by molar-refractivity contribution is 7.80. The van der Waals surface area contributed by atoms with Crippen LogP contribution in [-0.4, -0.2) is 31.2 Å². The van der Waals surface area contributed by atoms with Gasteiger partial charge in [0, 0.05) is 12.5 Å². The average molecular weight is 336 g/mol. The molecular formula is C17H29N5S. The first-order valence-corrected chi connectivity index (χ1v) is 9.80. The molecule has 6 heteroatoms. The Morgan fingerprint density at radius 1 is 1.04 bits per heavy atom. The van der Waals surface area contributed by atoms with Crippen molar-refractivity contribution in [3.63, 3.8) is 0 Å². The van der Waals surface area contributed by atoms with Crippen LogP contribution < -0.4 is 5.32 Å². The Kier molecular flexibility index (Phi) is 6.37. The second kappa shape index (κ2) is 8.71. The molecule has 1 N–H and O–H groups in total. The smallest absolute Gasteiger partial charge is 0.151 e. The lowest BCUT2D eigenvalue weighted by Gasteiger charge is -2.24. The minimum atomic E-state index is 0.515. The zero-order chi connectivity index (χ0) is 15.9. The molecule has 0 bridgehead atoms. The number of tetrazole rings is 1. The van der Waals surface area contributed by atoms with Gasteiger partial charge in [0.1, 0.15) is 0 Å². The molecule has 1 aromatic heterocycles. The molecule has 23 heavy (non-hydrogen) atoms. The molecule has 2 aliphatic carbocycles. The van der Waals surface area contributed by atoms with E-state index in [0.29, 0.717) is 12.1 Å². The van der Waals surface area contributed by atoms with Crippen molar-refractivity contribution in [2.24, 2.45) is 0 Å². The van der Waals surface area contributed by atoms with Crippen LogP contribution in [0.3, 0.4) is 0 Å². The fourth-order valence-corrected chi connectivity index (χ4v) is 4.25. The molecule has 0 unspecified atom stereocenters. The summed E-state index contributed by atoms with van der Waals surface area (Å²) in [6.07, 6.45) is 15.9. The van der Waals surface area contributed by atoms with E-state index < -0.39 is 0 Å². The van der Waals surface area contributed by atoms with Gasteiger partial charge in [-0.3, -0.25) is 0 Å². The Morgan fingerprint density at radius 2 is 1.74 bits per heavy atom. The first-order chi connectivity index (χ1) is 11.3. The summed E-state index contributed by atoms with van der Waals surface area (Å²) in [4.78, 5) is 1.02. The van der Waals surface area contributed by atoms with Crippen LogP contribution >= 0.6 is 12.2 Å². The van der Waals surface area contributed by atoms with Gasteiger partial charge in [-0.05, 0) is 49.0 Å². The highest BCUT2D eigenvalue weighted by Gasteiger charge is 2.20. The van der Waals surface area contributed by atoms with Crippen LogP contribution in [-0.2, 0) is 6.42 Å². The summed E-state index contributed by atoms with van der Waals surface area (Å²) in [7, 11) is 0. The van der Waals surface area contributed by atoms with Gasteiger partial charge >= 0.3 is 0 Å². The molecular weight excluding hydrogens is 306 g/mol. The van der Waals surface area contributed by atoms with Gasteiger partial charge in [-0.25, -0.2) is 4.68 Å². The third-order valence-corrected chi connectivity index (χ3v) is 5.58. The van der Waals surface area contributed by atoms with E-state index in [1.807, 2.05) is 0 Å². The van der Waals surface area contributed by atoms with Gasteiger partial charge in [0.05, 0.1) is 11.0 Å². The number of aryl methyl sites for hydroxylation is 1. The van der Waals surface area contributed by atoms with E-state index in [2.05, 4.69) is 25.5 Å². The minimum absolute atomic E-state index is 0.515. The van der Waals surface area contributed by atoms with Gasteiger partial charge < -0.3 is 5.32 Å². The van der Waals surface area contributed by atoms with Gasteiger partial charge in [0.15, 0.2) is 5.82 Å². The molecule has 0 spiro atoms. The maximum Gasteiger partial charge on any atom is 0.151 e. The van der Waals surface area contributed by atoms with Crippen LogP contribution in [0.15, 0.2) is 0 Å². The lowest BCUT2D eigenvalue weighted by molar-refractivity contribution is 0.316. The maximum atomic E-state index is 5.52. The molecule has 2 fully saturated rings. The van der Waals surface area contributed by atoms with Crippen molar-refractivity contribution in [2.45, 2.75) is 95.6 Å². The zero-order valence-electron chi connectivity index (χ0n) is 14.0. The Bertz CT molecular complexity index is 489. The number of nitrogens with one attached hydrogen (secondary N) is 1. The third-order valence-electron chi connectivity index (χ3n) is 5.26. The number of nitrogens with zero attached hydrogens (tertiary/aromatic N) is 4. The molecule has 0 aliphatic heterocycles. The number of hydrogen-bond donors (Lipinski definition) is 1. The predicted molar refractivity (Wildman–Crippen MR) is 95.5 cm³/mol. The number of thiocarbonyl (C=S) groups is 1. The van der Waals surface area contributed by atoms with Crippen LogP contribution in [0.5, 0.6) is 0 Å². The second-order valence-corrected chi connectivity index (χ2v) is 7.58. The number of rotatable bonds is 6. The molecule has 5 nitrogen and oxygen atoms in total. The molecule has 0 radical (unpaired) electrons. The first kappa shape index (κ1) is 16.8. The summed E-state index contributed by atoms with van der Waals surface area (Å²) < 4.78 is 2.08. The fraction of sp³-hybridized carbons (Fsp3) is 0.882. The van der Waals surface area contributed by atoms with E-state index in [1.54, 1.807) is 0 Å². The Labute approximate surface area is 144 Å². The summed E-state index contributed by atoms with van der Waals surface area (Å²) >= 11 is 5.52. The maximum absolute atomic E-state index is 5.52. The Balaban J connectivity index is 1.41. The standard InChI is InChI=1S/C17H29N5S/c23-17(18-14-8-3-1-4-9-14)13-7-12-16-19-20-21-22(16)15-10-5-2-6-11-15/h14-15H,1-13H2,(H,18,23). The van der Waals surface area contributed by atoms with Crippen LogP contribution in [0, 0.1) is 0 Å². The van der Waals surface area contributed by atoms with Gasteiger partial charge in [-0.15, -0.1) is 5.10 Å². The van der Waals surface area contributed by atoms with Crippen molar-refractivity contribution in [3.05, 3.63) is 5.82 Å².